The van der Waals surface area contributed by atoms with E-state index in [0.29, 0.717) is 22.3 Å². The molecule has 0 amide bonds. The van der Waals surface area contributed by atoms with Crippen LogP contribution >= 0.6 is 23.6 Å². The Balaban J connectivity index is 1.74. The molecule has 0 saturated heterocycles. The van der Waals surface area contributed by atoms with Crippen molar-refractivity contribution in [1.82, 2.24) is 5.32 Å². The van der Waals surface area contributed by atoms with Crippen molar-refractivity contribution in [2.24, 2.45) is 0 Å². The third-order valence-corrected chi connectivity index (χ3v) is 6.20. The normalized spacial score (nSPS) is 11.6. The van der Waals surface area contributed by atoms with Gasteiger partial charge >= 0.3 is 5.97 Å². The van der Waals surface area contributed by atoms with Gasteiger partial charge in [-0.05, 0) is 55.2 Å². The van der Waals surface area contributed by atoms with Crippen LogP contribution in [0.1, 0.15) is 54.7 Å². The number of rotatable bonds is 8. The van der Waals surface area contributed by atoms with Crippen LogP contribution in [0.4, 0.5) is 5.00 Å². The van der Waals surface area contributed by atoms with Gasteiger partial charge in [-0.25, -0.2) is 4.79 Å². The van der Waals surface area contributed by atoms with E-state index in [0.717, 1.165) is 28.8 Å². The molecule has 0 aliphatic heterocycles. The predicted molar refractivity (Wildman–Crippen MR) is 134 cm³/mol. The second kappa shape index (κ2) is 11.1. The zero-order valence-corrected chi connectivity index (χ0v) is 19.7. The largest absolute Gasteiger partial charge is 0.462 e. The Labute approximate surface area is 193 Å². The van der Waals surface area contributed by atoms with Crippen molar-refractivity contribution in [3.63, 3.8) is 0 Å². The van der Waals surface area contributed by atoms with Gasteiger partial charge in [0.1, 0.15) is 5.00 Å². The number of nitrogens with one attached hydrogen (secondary N) is 2. The molecular formula is C25H28N2O2S2. The Kier molecular flexibility index (Phi) is 8.20. The number of thiocarbonyl (C=S) groups is 1. The number of carbonyl (C=O) groups is 1. The molecule has 0 bridgehead atoms. The van der Waals surface area contributed by atoms with Crippen molar-refractivity contribution >= 4 is 39.6 Å². The van der Waals surface area contributed by atoms with Crippen LogP contribution < -0.4 is 10.6 Å². The van der Waals surface area contributed by atoms with E-state index in [1.54, 1.807) is 6.92 Å². The number of carbonyl (C=O) groups excluding carboxylic acids is 1. The Bertz CT molecular complexity index is 1010. The van der Waals surface area contributed by atoms with E-state index >= 15 is 0 Å². The van der Waals surface area contributed by atoms with Crippen LogP contribution in [0.2, 0.25) is 0 Å². The van der Waals surface area contributed by atoms with Crippen LogP contribution in [0.25, 0.3) is 10.4 Å². The molecule has 2 N–H and O–H groups in total. The highest BCUT2D eigenvalue weighted by atomic mass is 32.1. The number of ether oxygens (including phenoxy) is 1. The van der Waals surface area contributed by atoms with Crippen molar-refractivity contribution in [1.29, 1.82) is 0 Å². The first-order valence-electron chi connectivity index (χ1n) is 10.5. The topological polar surface area (TPSA) is 50.4 Å². The van der Waals surface area contributed by atoms with Crippen LogP contribution in [0.5, 0.6) is 0 Å². The molecule has 0 saturated carbocycles. The first kappa shape index (κ1) is 23.0. The molecule has 0 aliphatic carbocycles. The van der Waals surface area contributed by atoms with Gasteiger partial charge in [0.2, 0.25) is 0 Å². The summed E-state index contributed by atoms with van der Waals surface area (Å²) in [5.41, 5.74) is 4.04. The monoisotopic (exact) mass is 452 g/mol. The third-order valence-electron chi connectivity index (χ3n) is 4.88. The molecule has 0 aliphatic rings. The van der Waals surface area contributed by atoms with Crippen molar-refractivity contribution < 1.29 is 9.53 Å². The fourth-order valence-corrected chi connectivity index (χ4v) is 4.67. The summed E-state index contributed by atoms with van der Waals surface area (Å²) in [6.07, 6.45) is 2.22. The van der Waals surface area contributed by atoms with Gasteiger partial charge in [0.05, 0.1) is 18.2 Å². The molecule has 162 valence electrons. The van der Waals surface area contributed by atoms with Gasteiger partial charge in [-0.15, -0.1) is 11.3 Å². The Hall–Kier alpha value is -2.70. The summed E-state index contributed by atoms with van der Waals surface area (Å²) in [6, 6.07) is 20.5. The Morgan fingerprint density at radius 2 is 1.81 bits per heavy atom. The van der Waals surface area contributed by atoms with E-state index in [9.17, 15) is 4.79 Å². The van der Waals surface area contributed by atoms with Gasteiger partial charge in [0, 0.05) is 4.88 Å². The van der Waals surface area contributed by atoms with Crippen LogP contribution in [0.15, 0.2) is 60.7 Å². The zero-order valence-electron chi connectivity index (χ0n) is 18.1. The van der Waals surface area contributed by atoms with Crippen LogP contribution in [-0.2, 0) is 11.2 Å². The molecule has 2 aromatic carbocycles. The summed E-state index contributed by atoms with van der Waals surface area (Å²) in [6.45, 7) is 6.37. The van der Waals surface area contributed by atoms with E-state index in [-0.39, 0.29) is 12.0 Å². The molecule has 3 rings (SSSR count). The lowest BCUT2D eigenvalue weighted by atomic mass is 10.0. The molecule has 4 nitrogen and oxygen atoms in total. The maximum atomic E-state index is 12.5. The number of hydrogen-bond donors (Lipinski definition) is 2. The minimum atomic E-state index is -0.356. The standard InChI is InChI=1S/C25H28N2O2S2/c1-4-9-18-12-14-19(15-13-18)17(3)26-25(30)27-23-21(24(28)29-5-2)16-22(31-23)20-10-7-6-8-11-20/h6-8,10-17H,4-5,9H2,1-3H3,(H2,26,27,30). The average molecular weight is 453 g/mol. The zero-order chi connectivity index (χ0) is 22.2. The van der Waals surface area contributed by atoms with Crippen molar-refractivity contribution in [2.45, 2.75) is 39.7 Å². The lowest BCUT2D eigenvalue weighted by Crippen LogP contribution is -2.31. The summed E-state index contributed by atoms with van der Waals surface area (Å²) in [5.74, 6) is -0.356. The molecule has 1 atom stereocenters. The van der Waals surface area contributed by atoms with Gasteiger partial charge < -0.3 is 15.4 Å². The molecule has 31 heavy (non-hydrogen) atoms. The van der Waals surface area contributed by atoms with E-state index in [1.807, 2.05) is 36.4 Å². The molecule has 0 radical (unpaired) electrons. The molecule has 1 heterocycles. The summed E-state index contributed by atoms with van der Waals surface area (Å²) < 4.78 is 5.24. The fourth-order valence-electron chi connectivity index (χ4n) is 3.27. The van der Waals surface area contributed by atoms with Gasteiger partial charge in [-0.1, -0.05) is 67.9 Å². The number of benzene rings is 2. The number of esters is 1. The molecule has 6 heteroatoms. The Morgan fingerprint density at radius 1 is 1.10 bits per heavy atom. The highest BCUT2D eigenvalue weighted by Crippen LogP contribution is 2.36. The smallest absolute Gasteiger partial charge is 0.341 e. The SMILES string of the molecule is CCCc1ccc(C(C)NC(=S)Nc2sc(-c3ccccc3)cc2C(=O)OCC)cc1. The third kappa shape index (κ3) is 6.15. The maximum Gasteiger partial charge on any atom is 0.341 e. The average Bonchev–Trinajstić information content (AvgIpc) is 3.19. The van der Waals surface area contributed by atoms with Gasteiger partial charge in [-0.2, -0.15) is 0 Å². The first-order valence-corrected chi connectivity index (χ1v) is 11.8. The molecule has 1 aromatic heterocycles. The van der Waals surface area contributed by atoms with Crippen molar-refractivity contribution in [2.75, 3.05) is 11.9 Å². The molecule has 3 aromatic rings. The second-order valence-electron chi connectivity index (χ2n) is 7.25. The Morgan fingerprint density at radius 3 is 2.45 bits per heavy atom. The van der Waals surface area contributed by atoms with E-state index in [2.05, 4.69) is 48.7 Å². The van der Waals surface area contributed by atoms with Crippen molar-refractivity contribution in [3.8, 4) is 10.4 Å². The lowest BCUT2D eigenvalue weighted by molar-refractivity contribution is 0.0528. The highest BCUT2D eigenvalue weighted by Gasteiger charge is 2.19. The number of hydrogen-bond acceptors (Lipinski definition) is 4. The molecule has 1 unspecified atom stereocenters. The van der Waals surface area contributed by atoms with Gasteiger partial charge in [0.15, 0.2) is 5.11 Å². The molecule has 0 fully saturated rings. The predicted octanol–water partition coefficient (Wildman–Crippen LogP) is 6.59. The van der Waals surface area contributed by atoms with Crippen LogP contribution in [0, 0.1) is 0 Å². The number of anilines is 1. The summed E-state index contributed by atoms with van der Waals surface area (Å²) >= 11 is 7.03. The molecular weight excluding hydrogens is 424 g/mol. The van der Waals surface area contributed by atoms with Gasteiger partial charge in [0.25, 0.3) is 0 Å². The molecule has 0 spiro atoms. The fraction of sp³-hybridized carbons (Fsp3) is 0.280. The second-order valence-corrected chi connectivity index (χ2v) is 8.71. The van der Waals surface area contributed by atoms with Crippen LogP contribution in [0.3, 0.4) is 0 Å². The number of thiophene rings is 1. The van der Waals surface area contributed by atoms with E-state index in [1.165, 1.54) is 16.9 Å². The minimum Gasteiger partial charge on any atom is -0.462 e. The maximum absolute atomic E-state index is 12.5. The quantitative estimate of drug-likeness (QED) is 0.298. The van der Waals surface area contributed by atoms with E-state index < -0.39 is 0 Å². The number of aryl methyl sites for hydroxylation is 1. The van der Waals surface area contributed by atoms with Crippen molar-refractivity contribution in [3.05, 3.63) is 77.4 Å². The summed E-state index contributed by atoms with van der Waals surface area (Å²) in [7, 11) is 0. The van der Waals surface area contributed by atoms with Gasteiger partial charge in [-0.3, -0.25) is 0 Å². The lowest BCUT2D eigenvalue weighted by Gasteiger charge is -2.17. The summed E-state index contributed by atoms with van der Waals surface area (Å²) in [5, 5.41) is 7.68. The highest BCUT2D eigenvalue weighted by molar-refractivity contribution is 7.80. The van der Waals surface area contributed by atoms with Crippen LogP contribution in [-0.4, -0.2) is 17.7 Å². The minimum absolute atomic E-state index is 0.0373. The summed E-state index contributed by atoms with van der Waals surface area (Å²) in [4.78, 5) is 13.5. The first-order chi connectivity index (χ1) is 15.0. The van der Waals surface area contributed by atoms with E-state index in [4.69, 9.17) is 17.0 Å².